The van der Waals surface area contributed by atoms with Crippen LogP contribution in [0.15, 0.2) is 41.6 Å². The van der Waals surface area contributed by atoms with Gasteiger partial charge >= 0.3 is 0 Å². The molecule has 0 radical (unpaired) electrons. The molecule has 1 aromatic heterocycles. The van der Waals surface area contributed by atoms with Crippen LogP contribution in [0.2, 0.25) is 0 Å². The SMILES string of the molecule is O=C1Nc2ccccc2CCC1Sc1nnnn1C1CC2C=CC1C2. The van der Waals surface area contributed by atoms with Gasteiger partial charge in [-0.3, -0.25) is 4.79 Å². The summed E-state index contributed by atoms with van der Waals surface area (Å²) in [4.78, 5) is 12.6. The number of hydrogen-bond donors (Lipinski definition) is 1. The Bertz CT molecular complexity index is 847. The number of carbonyl (C=O) groups is 1. The van der Waals surface area contributed by atoms with Gasteiger partial charge < -0.3 is 5.32 Å². The lowest BCUT2D eigenvalue weighted by atomic mass is 10.0. The van der Waals surface area contributed by atoms with Crippen LogP contribution in [-0.4, -0.2) is 31.4 Å². The van der Waals surface area contributed by atoms with Gasteiger partial charge in [0.15, 0.2) is 0 Å². The minimum atomic E-state index is -0.175. The lowest BCUT2D eigenvalue weighted by Gasteiger charge is -2.20. The lowest BCUT2D eigenvalue weighted by molar-refractivity contribution is -0.115. The summed E-state index contributed by atoms with van der Waals surface area (Å²) in [5.41, 5.74) is 2.12. The topological polar surface area (TPSA) is 72.7 Å². The monoisotopic (exact) mass is 353 g/mol. The number of allylic oxidation sites excluding steroid dienone is 2. The molecule has 4 atom stereocenters. The number of fused-ring (bicyclic) bond motifs is 3. The highest BCUT2D eigenvalue weighted by molar-refractivity contribution is 8.00. The van der Waals surface area contributed by atoms with E-state index in [4.69, 9.17) is 0 Å². The molecule has 1 N–H and O–H groups in total. The van der Waals surface area contributed by atoms with Crippen molar-refractivity contribution in [2.24, 2.45) is 11.8 Å². The van der Waals surface area contributed by atoms with E-state index in [1.54, 1.807) is 0 Å². The van der Waals surface area contributed by atoms with E-state index in [2.05, 4.69) is 39.1 Å². The van der Waals surface area contributed by atoms with Gasteiger partial charge in [0.05, 0.1) is 11.3 Å². The Morgan fingerprint density at radius 1 is 1.20 bits per heavy atom. The maximum absolute atomic E-state index is 12.6. The third-order valence-corrected chi connectivity index (χ3v) is 6.73. The van der Waals surface area contributed by atoms with Crippen molar-refractivity contribution < 1.29 is 4.79 Å². The Kier molecular flexibility index (Phi) is 3.62. The number of thioether (sulfide) groups is 1. The van der Waals surface area contributed by atoms with Crippen molar-refractivity contribution in [1.82, 2.24) is 20.2 Å². The quantitative estimate of drug-likeness (QED) is 0.859. The molecule has 1 fully saturated rings. The predicted molar refractivity (Wildman–Crippen MR) is 95.2 cm³/mol. The van der Waals surface area contributed by atoms with Gasteiger partial charge in [0, 0.05) is 5.69 Å². The van der Waals surface area contributed by atoms with Crippen molar-refractivity contribution in [2.75, 3.05) is 5.32 Å². The summed E-state index contributed by atoms with van der Waals surface area (Å²) in [6.07, 6.45) is 8.58. The van der Waals surface area contributed by atoms with E-state index < -0.39 is 0 Å². The third-order valence-electron chi connectivity index (χ3n) is 5.51. The zero-order valence-electron chi connectivity index (χ0n) is 13.7. The highest BCUT2D eigenvalue weighted by atomic mass is 32.2. The predicted octanol–water partition coefficient (Wildman–Crippen LogP) is 2.86. The van der Waals surface area contributed by atoms with Crippen molar-refractivity contribution in [2.45, 2.75) is 42.1 Å². The normalized spacial score (nSPS) is 30.2. The Labute approximate surface area is 150 Å². The molecule has 1 aliphatic heterocycles. The van der Waals surface area contributed by atoms with Gasteiger partial charge in [-0.25, -0.2) is 4.68 Å². The van der Waals surface area contributed by atoms with Crippen molar-refractivity contribution in [1.29, 1.82) is 0 Å². The Hall–Kier alpha value is -2.15. The molecular weight excluding hydrogens is 334 g/mol. The molecule has 3 aliphatic rings. The van der Waals surface area contributed by atoms with E-state index in [-0.39, 0.29) is 11.2 Å². The molecule has 2 heterocycles. The lowest BCUT2D eigenvalue weighted by Crippen LogP contribution is -2.25. The van der Waals surface area contributed by atoms with Crippen molar-refractivity contribution in [3.63, 3.8) is 0 Å². The molecule has 2 aliphatic carbocycles. The molecule has 2 aromatic rings. The number of para-hydroxylation sites is 1. The number of carbonyl (C=O) groups excluding carboxylic acids is 1. The van der Waals surface area contributed by atoms with Gasteiger partial charge in [-0.15, -0.1) is 5.10 Å². The van der Waals surface area contributed by atoms with Crippen LogP contribution in [-0.2, 0) is 11.2 Å². The van der Waals surface area contributed by atoms with Crippen LogP contribution in [0.25, 0.3) is 0 Å². The number of rotatable bonds is 3. The smallest absolute Gasteiger partial charge is 0.237 e. The van der Waals surface area contributed by atoms with E-state index in [9.17, 15) is 4.79 Å². The number of nitrogens with one attached hydrogen (secondary N) is 1. The molecule has 6 nitrogen and oxygen atoms in total. The molecule has 128 valence electrons. The summed E-state index contributed by atoms with van der Waals surface area (Å²) >= 11 is 1.49. The first-order valence-electron chi connectivity index (χ1n) is 8.79. The zero-order valence-corrected chi connectivity index (χ0v) is 14.5. The molecule has 4 unspecified atom stereocenters. The summed E-state index contributed by atoms with van der Waals surface area (Å²) in [7, 11) is 0. The van der Waals surface area contributed by atoms with Crippen LogP contribution in [0.1, 0.15) is 30.9 Å². The van der Waals surface area contributed by atoms with Gasteiger partial charge in [0.25, 0.3) is 0 Å². The second-order valence-electron chi connectivity index (χ2n) is 7.05. The number of nitrogens with zero attached hydrogens (tertiary/aromatic N) is 4. The third kappa shape index (κ3) is 2.66. The molecule has 1 aromatic carbocycles. The van der Waals surface area contributed by atoms with Crippen LogP contribution in [0.5, 0.6) is 0 Å². The largest absolute Gasteiger partial charge is 0.325 e. The Balaban J connectivity index is 1.36. The van der Waals surface area contributed by atoms with Crippen molar-refractivity contribution in [3.8, 4) is 0 Å². The zero-order chi connectivity index (χ0) is 16.8. The second-order valence-corrected chi connectivity index (χ2v) is 8.22. The van der Waals surface area contributed by atoms with Crippen LogP contribution in [0.4, 0.5) is 5.69 Å². The maximum Gasteiger partial charge on any atom is 0.237 e. The van der Waals surface area contributed by atoms with Crippen LogP contribution in [0.3, 0.4) is 0 Å². The number of benzene rings is 1. The molecular formula is C18H19N5OS. The van der Waals surface area contributed by atoms with E-state index in [0.717, 1.165) is 30.1 Å². The first-order valence-corrected chi connectivity index (χ1v) is 9.67. The van der Waals surface area contributed by atoms with E-state index >= 15 is 0 Å². The summed E-state index contributed by atoms with van der Waals surface area (Å²) in [5, 5.41) is 16.0. The average molecular weight is 353 g/mol. The molecule has 0 spiro atoms. The van der Waals surface area contributed by atoms with Gasteiger partial charge in [-0.2, -0.15) is 0 Å². The van der Waals surface area contributed by atoms with E-state index in [1.165, 1.54) is 23.7 Å². The fourth-order valence-electron chi connectivity index (χ4n) is 4.23. The highest BCUT2D eigenvalue weighted by Gasteiger charge is 2.39. The van der Waals surface area contributed by atoms with Gasteiger partial charge in [-0.1, -0.05) is 42.1 Å². The molecule has 5 rings (SSSR count). The molecule has 1 saturated carbocycles. The van der Waals surface area contributed by atoms with Crippen molar-refractivity contribution in [3.05, 3.63) is 42.0 Å². The Morgan fingerprint density at radius 2 is 2.12 bits per heavy atom. The molecule has 25 heavy (non-hydrogen) atoms. The number of tetrazole rings is 1. The number of aryl methyl sites for hydroxylation is 1. The fourth-order valence-corrected chi connectivity index (χ4v) is 5.25. The van der Waals surface area contributed by atoms with Gasteiger partial charge in [0.2, 0.25) is 11.1 Å². The minimum Gasteiger partial charge on any atom is -0.325 e. The standard InChI is InChI=1S/C18H19N5OS/c24-17-16(8-7-12-3-1-2-4-14(12)19-17)25-18-20-21-22-23(18)15-10-11-5-6-13(15)9-11/h1-6,11,13,15-16H,7-10H2,(H,19,24). The molecule has 7 heteroatoms. The van der Waals surface area contributed by atoms with Crippen LogP contribution >= 0.6 is 11.8 Å². The molecule has 0 saturated heterocycles. The number of hydrogen-bond acceptors (Lipinski definition) is 5. The van der Waals surface area contributed by atoms with Crippen LogP contribution in [0, 0.1) is 11.8 Å². The molecule has 1 amide bonds. The van der Waals surface area contributed by atoms with Crippen LogP contribution < -0.4 is 5.32 Å². The summed E-state index contributed by atoms with van der Waals surface area (Å²) in [5.74, 6) is 1.23. The first kappa shape index (κ1) is 15.1. The minimum absolute atomic E-state index is 0.0392. The van der Waals surface area contributed by atoms with Crippen molar-refractivity contribution >= 4 is 23.4 Å². The van der Waals surface area contributed by atoms with E-state index in [0.29, 0.717) is 17.9 Å². The summed E-state index contributed by atoms with van der Waals surface area (Å²) in [6.45, 7) is 0. The first-order chi connectivity index (χ1) is 12.3. The average Bonchev–Trinajstić information content (AvgIpc) is 3.33. The molecule has 2 bridgehead atoms. The fraction of sp³-hybridized carbons (Fsp3) is 0.444. The summed E-state index contributed by atoms with van der Waals surface area (Å²) < 4.78 is 1.95. The van der Waals surface area contributed by atoms with Gasteiger partial charge in [0.1, 0.15) is 0 Å². The number of aromatic nitrogens is 4. The number of anilines is 1. The van der Waals surface area contributed by atoms with E-state index in [1.807, 2.05) is 22.9 Å². The second kappa shape index (κ2) is 5.98. The summed E-state index contributed by atoms with van der Waals surface area (Å²) in [6, 6.07) is 8.34. The van der Waals surface area contributed by atoms with Gasteiger partial charge in [-0.05, 0) is 59.6 Å². The Morgan fingerprint density at radius 3 is 2.96 bits per heavy atom. The number of amides is 1. The highest BCUT2D eigenvalue weighted by Crippen LogP contribution is 2.47. The maximum atomic E-state index is 12.6.